The van der Waals surface area contributed by atoms with Gasteiger partial charge in [0.15, 0.2) is 5.58 Å². The molecule has 0 spiro atoms. The molecule has 0 radical (unpaired) electrons. The third kappa shape index (κ3) is 1.20. The normalized spacial score (nSPS) is 11.3. The van der Waals surface area contributed by atoms with Crippen molar-refractivity contribution in [1.82, 2.24) is 0 Å². The Kier molecular flexibility index (Phi) is 1.83. The van der Waals surface area contributed by atoms with Crippen molar-refractivity contribution < 1.29 is 8.81 Å². The van der Waals surface area contributed by atoms with Gasteiger partial charge in [-0.2, -0.15) is 0 Å². The number of rotatable bonds is 0. The van der Waals surface area contributed by atoms with E-state index in [1.165, 1.54) is 6.07 Å². The van der Waals surface area contributed by atoms with Gasteiger partial charge in [0, 0.05) is 10.8 Å². The number of furan rings is 1. The summed E-state index contributed by atoms with van der Waals surface area (Å²) < 4.78 is 19.2. The molecule has 0 saturated heterocycles. The van der Waals surface area contributed by atoms with Gasteiger partial charge in [-0.15, -0.1) is 0 Å². The first-order valence-corrected chi connectivity index (χ1v) is 5.32. The Bertz CT molecular complexity index is 657. The fraction of sp³-hybridized carbons (Fsp3) is 0. The summed E-state index contributed by atoms with van der Waals surface area (Å²) in [5.74, 6) is -0.304. The Morgan fingerprint density at radius 2 is 1.80 bits per heavy atom. The molecule has 3 rings (SSSR count). The second-order valence-electron chi connectivity index (χ2n) is 3.34. The number of fused-ring (bicyclic) bond motifs is 3. The average Bonchev–Trinajstić information content (AvgIpc) is 2.63. The summed E-state index contributed by atoms with van der Waals surface area (Å²) in [5, 5.41) is 1.94. The van der Waals surface area contributed by atoms with E-state index in [1.807, 2.05) is 24.3 Å². The first-order chi connectivity index (χ1) is 7.27. The molecule has 0 aliphatic heterocycles. The van der Waals surface area contributed by atoms with Crippen LogP contribution in [-0.4, -0.2) is 0 Å². The zero-order valence-corrected chi connectivity index (χ0v) is 9.21. The Morgan fingerprint density at radius 3 is 2.67 bits per heavy atom. The molecular weight excluding hydrogens is 259 g/mol. The maximum Gasteiger partial charge on any atom is 0.152 e. The van der Waals surface area contributed by atoms with Gasteiger partial charge < -0.3 is 4.42 Å². The van der Waals surface area contributed by atoms with E-state index >= 15 is 0 Å². The molecule has 0 atom stereocenters. The number of hydrogen-bond donors (Lipinski definition) is 0. The molecule has 15 heavy (non-hydrogen) atoms. The fourth-order valence-corrected chi connectivity index (χ4v) is 2.16. The molecule has 2 aromatic carbocycles. The van der Waals surface area contributed by atoms with E-state index in [2.05, 4.69) is 15.9 Å². The van der Waals surface area contributed by atoms with Crippen molar-refractivity contribution in [2.75, 3.05) is 0 Å². The number of benzene rings is 2. The predicted octanol–water partition coefficient (Wildman–Crippen LogP) is 4.49. The minimum absolute atomic E-state index is 0.304. The Morgan fingerprint density at radius 1 is 1.00 bits per heavy atom. The lowest BCUT2D eigenvalue weighted by Crippen LogP contribution is -1.75. The van der Waals surface area contributed by atoms with Crippen LogP contribution in [0.4, 0.5) is 4.39 Å². The van der Waals surface area contributed by atoms with Crippen LogP contribution < -0.4 is 0 Å². The van der Waals surface area contributed by atoms with Crippen molar-refractivity contribution in [1.29, 1.82) is 0 Å². The van der Waals surface area contributed by atoms with Crippen molar-refractivity contribution in [3.8, 4) is 0 Å². The summed E-state index contributed by atoms with van der Waals surface area (Å²) in [6.07, 6.45) is 0. The molecule has 1 heterocycles. The monoisotopic (exact) mass is 264 g/mol. The SMILES string of the molecule is Fc1ccc2c(oc3ccccc32)c1Br. The second-order valence-corrected chi connectivity index (χ2v) is 4.13. The molecule has 0 bridgehead atoms. The molecule has 3 aromatic rings. The van der Waals surface area contributed by atoms with Crippen molar-refractivity contribution in [2.45, 2.75) is 0 Å². The molecular formula is C12H6BrFO. The van der Waals surface area contributed by atoms with Crippen LogP contribution in [0.1, 0.15) is 0 Å². The van der Waals surface area contributed by atoms with Gasteiger partial charge in [-0.1, -0.05) is 18.2 Å². The topological polar surface area (TPSA) is 13.1 Å². The lowest BCUT2D eigenvalue weighted by molar-refractivity contribution is 0.610. The van der Waals surface area contributed by atoms with Crippen LogP contribution in [0, 0.1) is 5.82 Å². The fourth-order valence-electron chi connectivity index (χ4n) is 1.73. The van der Waals surface area contributed by atoms with Gasteiger partial charge in [-0.05, 0) is 34.1 Å². The first-order valence-electron chi connectivity index (χ1n) is 4.52. The molecule has 0 unspecified atom stereocenters. The van der Waals surface area contributed by atoms with Crippen LogP contribution in [0.2, 0.25) is 0 Å². The number of para-hydroxylation sites is 1. The van der Waals surface area contributed by atoms with Crippen LogP contribution >= 0.6 is 15.9 Å². The molecule has 1 nitrogen and oxygen atoms in total. The van der Waals surface area contributed by atoms with E-state index in [0.717, 1.165) is 16.4 Å². The smallest absolute Gasteiger partial charge is 0.152 e. The molecule has 0 fully saturated rings. The molecule has 0 amide bonds. The van der Waals surface area contributed by atoms with Gasteiger partial charge in [0.1, 0.15) is 11.4 Å². The highest BCUT2D eigenvalue weighted by atomic mass is 79.9. The molecule has 1 aromatic heterocycles. The number of hydrogen-bond acceptors (Lipinski definition) is 1. The van der Waals surface area contributed by atoms with Gasteiger partial charge in [-0.3, -0.25) is 0 Å². The van der Waals surface area contributed by atoms with Gasteiger partial charge >= 0.3 is 0 Å². The molecule has 0 aliphatic carbocycles. The van der Waals surface area contributed by atoms with E-state index in [-0.39, 0.29) is 5.82 Å². The van der Waals surface area contributed by atoms with Gasteiger partial charge in [0.2, 0.25) is 0 Å². The third-order valence-electron chi connectivity index (χ3n) is 2.44. The molecule has 3 heteroatoms. The van der Waals surface area contributed by atoms with Crippen LogP contribution in [-0.2, 0) is 0 Å². The van der Waals surface area contributed by atoms with Crippen LogP contribution in [0.25, 0.3) is 21.9 Å². The molecule has 0 aliphatic rings. The van der Waals surface area contributed by atoms with E-state index < -0.39 is 0 Å². The maximum absolute atomic E-state index is 13.3. The first kappa shape index (κ1) is 8.92. The highest BCUT2D eigenvalue weighted by Crippen LogP contribution is 2.34. The van der Waals surface area contributed by atoms with Gasteiger partial charge in [0.25, 0.3) is 0 Å². The van der Waals surface area contributed by atoms with Gasteiger partial charge in [-0.25, -0.2) is 4.39 Å². The van der Waals surface area contributed by atoms with Crippen molar-refractivity contribution in [3.63, 3.8) is 0 Å². The third-order valence-corrected chi connectivity index (χ3v) is 3.18. The summed E-state index contributed by atoms with van der Waals surface area (Å²) in [4.78, 5) is 0. The molecule has 0 N–H and O–H groups in total. The highest BCUT2D eigenvalue weighted by Gasteiger charge is 2.11. The van der Waals surface area contributed by atoms with E-state index in [4.69, 9.17) is 4.42 Å². The Hall–Kier alpha value is -1.35. The zero-order valence-electron chi connectivity index (χ0n) is 7.63. The minimum atomic E-state index is -0.304. The van der Waals surface area contributed by atoms with E-state index in [1.54, 1.807) is 6.07 Å². The van der Waals surface area contributed by atoms with Crippen LogP contribution in [0.5, 0.6) is 0 Å². The zero-order chi connectivity index (χ0) is 10.4. The van der Waals surface area contributed by atoms with E-state index in [9.17, 15) is 4.39 Å². The van der Waals surface area contributed by atoms with Crippen LogP contribution in [0.3, 0.4) is 0 Å². The lowest BCUT2D eigenvalue weighted by atomic mass is 10.1. The molecule has 74 valence electrons. The summed E-state index contributed by atoms with van der Waals surface area (Å²) in [5.41, 5.74) is 1.34. The summed E-state index contributed by atoms with van der Waals surface area (Å²) in [6, 6.07) is 10.9. The standard InChI is InChI=1S/C12H6BrFO/c13-11-9(14)6-5-8-7-3-1-2-4-10(7)15-12(8)11/h1-6H. The molecule has 0 saturated carbocycles. The quantitative estimate of drug-likeness (QED) is 0.583. The van der Waals surface area contributed by atoms with Gasteiger partial charge in [0.05, 0.1) is 4.47 Å². The van der Waals surface area contributed by atoms with Crippen LogP contribution in [0.15, 0.2) is 45.3 Å². The van der Waals surface area contributed by atoms with Crippen molar-refractivity contribution >= 4 is 37.9 Å². The Balaban J connectivity index is 2.60. The Labute approximate surface area is 93.6 Å². The average molecular weight is 265 g/mol. The highest BCUT2D eigenvalue weighted by molar-refractivity contribution is 9.10. The van der Waals surface area contributed by atoms with Crippen molar-refractivity contribution in [3.05, 3.63) is 46.7 Å². The summed E-state index contributed by atoms with van der Waals surface area (Å²) in [7, 11) is 0. The van der Waals surface area contributed by atoms with E-state index in [0.29, 0.717) is 10.1 Å². The summed E-state index contributed by atoms with van der Waals surface area (Å²) >= 11 is 3.19. The maximum atomic E-state index is 13.3. The largest absolute Gasteiger partial charge is 0.455 e. The second kappa shape index (κ2) is 3.07. The summed E-state index contributed by atoms with van der Waals surface area (Å²) in [6.45, 7) is 0. The van der Waals surface area contributed by atoms with Crippen molar-refractivity contribution in [2.24, 2.45) is 0 Å². The minimum Gasteiger partial charge on any atom is -0.455 e. The number of halogens is 2. The lowest BCUT2D eigenvalue weighted by Gasteiger charge is -1.93. The predicted molar refractivity (Wildman–Crippen MR) is 61.4 cm³/mol.